The topological polar surface area (TPSA) is 253 Å². The van der Waals surface area contributed by atoms with E-state index in [-0.39, 0.29) is 60.5 Å². The van der Waals surface area contributed by atoms with Crippen molar-refractivity contribution in [2.24, 2.45) is 15.4 Å². The molecule has 22 heteroatoms. The largest absolute Gasteiger partial charge is 0.486 e. The second-order valence-corrected chi connectivity index (χ2v) is 21.1. The van der Waals surface area contributed by atoms with Crippen LogP contribution in [-0.4, -0.2) is 94.6 Å². The van der Waals surface area contributed by atoms with Gasteiger partial charge in [-0.3, -0.25) is 14.4 Å². The Labute approximate surface area is 386 Å². The summed E-state index contributed by atoms with van der Waals surface area (Å²) in [5.41, 5.74) is 0.863. The Morgan fingerprint density at radius 1 is 0.525 bits per heavy atom. The lowest BCUT2D eigenvalue weighted by atomic mass is 9.83. The molecule has 0 radical (unpaired) electrons. The average Bonchev–Trinajstić information content (AvgIpc) is 3.16. The summed E-state index contributed by atoms with van der Waals surface area (Å²) in [5, 5.41) is 20.0. The molecule has 6 aliphatic heterocycles. The standard InChI is InChI=1S/C13H15BrN2O4S.2C13H14BrNO2.ClH.H4N2O2S/c14-9-1-2-12-10(7-9)11(17)8-13(20-12)3-5-16(6-4-13)21(15,18)19;2*14-9-1-2-12-10(7-9)11(16)8-13(17-12)3-5-15-6-4-13;;1-5(2,3)4/h1-2,7H,3-6,8H2,(H2,15,18,19);2*1-2,7,15H,3-6,8H2;1H;(H4,1,2,3,4). The number of carbonyl (C=O) groups is 3. The van der Waals surface area contributed by atoms with Gasteiger partial charge in [0.25, 0.3) is 20.4 Å². The third kappa shape index (κ3) is 13.0. The molecule has 0 atom stereocenters. The van der Waals surface area contributed by atoms with Crippen molar-refractivity contribution in [3.05, 3.63) is 84.7 Å². The summed E-state index contributed by atoms with van der Waals surface area (Å²) in [6.45, 7) is 4.27. The highest BCUT2D eigenvalue weighted by molar-refractivity contribution is 9.11. The Morgan fingerprint density at radius 2 is 0.803 bits per heavy atom. The van der Waals surface area contributed by atoms with E-state index in [1.165, 1.54) is 4.31 Å². The fourth-order valence-corrected chi connectivity index (χ4v) is 9.92. The quantitative estimate of drug-likeness (QED) is 0.214. The summed E-state index contributed by atoms with van der Waals surface area (Å²) in [4.78, 5) is 36.7. The van der Waals surface area contributed by atoms with Crippen LogP contribution in [-0.2, 0) is 20.4 Å². The first-order chi connectivity index (χ1) is 28.2. The second kappa shape index (κ2) is 20.1. The van der Waals surface area contributed by atoms with Gasteiger partial charge >= 0.3 is 0 Å². The first-order valence-electron chi connectivity index (χ1n) is 19.2. The molecule has 3 spiro atoms. The van der Waals surface area contributed by atoms with Crippen LogP contribution in [0, 0.1) is 0 Å². The van der Waals surface area contributed by atoms with E-state index < -0.39 is 26.0 Å². The molecule has 0 aromatic heterocycles. The van der Waals surface area contributed by atoms with Gasteiger partial charge in [0, 0.05) is 65.0 Å². The number of ketones is 3. The number of fused-ring (bicyclic) bond motifs is 3. The Hall–Kier alpha value is -2.54. The molecule has 0 bridgehead atoms. The molecule has 6 heterocycles. The number of nitrogens with two attached hydrogens (primary N) is 3. The summed E-state index contributed by atoms with van der Waals surface area (Å²) in [6.07, 6.45) is 5.87. The molecule has 8 N–H and O–H groups in total. The number of ether oxygens (including phenoxy) is 3. The van der Waals surface area contributed by atoms with E-state index in [2.05, 4.69) is 68.7 Å². The van der Waals surface area contributed by atoms with Gasteiger partial charge in [-0.2, -0.15) is 21.1 Å². The molecule has 16 nitrogen and oxygen atoms in total. The number of hydrogen-bond donors (Lipinski definition) is 5. The van der Waals surface area contributed by atoms with Gasteiger partial charge in [0.1, 0.15) is 34.1 Å². The van der Waals surface area contributed by atoms with Crippen LogP contribution in [0.5, 0.6) is 17.2 Å². The molecule has 61 heavy (non-hydrogen) atoms. The predicted octanol–water partition coefficient (Wildman–Crippen LogP) is 5.10. The number of benzene rings is 3. The van der Waals surface area contributed by atoms with Crippen LogP contribution < -0.4 is 40.3 Å². The zero-order chi connectivity index (χ0) is 43.5. The lowest BCUT2D eigenvalue weighted by Crippen LogP contribution is -2.53. The number of nitrogens with one attached hydrogen (secondary N) is 2. The summed E-state index contributed by atoms with van der Waals surface area (Å²) >= 11 is 10.1. The fraction of sp³-hybridized carbons (Fsp3) is 0.462. The third-order valence-electron chi connectivity index (χ3n) is 11.2. The summed E-state index contributed by atoms with van der Waals surface area (Å²) in [5.74, 6) is 2.49. The highest BCUT2D eigenvalue weighted by Crippen LogP contribution is 2.42. The number of halogens is 4. The van der Waals surface area contributed by atoms with Gasteiger partial charge < -0.3 is 24.8 Å². The fourth-order valence-electron chi connectivity index (χ4n) is 8.15. The first-order valence-corrected chi connectivity index (χ1v) is 24.7. The molecule has 0 saturated carbocycles. The van der Waals surface area contributed by atoms with Crippen LogP contribution in [0.25, 0.3) is 0 Å². The molecule has 0 unspecified atom stereocenters. The summed E-state index contributed by atoms with van der Waals surface area (Å²) in [7, 11) is -7.34. The van der Waals surface area contributed by atoms with Crippen molar-refractivity contribution in [3.8, 4) is 17.2 Å². The molecule has 6 aliphatic rings. The average molecular weight is 1100 g/mol. The second-order valence-electron chi connectivity index (χ2n) is 15.6. The van der Waals surface area contributed by atoms with Gasteiger partial charge in [-0.05, 0) is 80.8 Å². The van der Waals surface area contributed by atoms with Gasteiger partial charge in [-0.15, -0.1) is 12.4 Å². The molecule has 0 aliphatic carbocycles. The Balaban J connectivity index is 0.000000164. The van der Waals surface area contributed by atoms with E-state index in [0.717, 1.165) is 76.8 Å². The highest BCUT2D eigenvalue weighted by Gasteiger charge is 2.45. The maximum atomic E-state index is 12.3. The van der Waals surface area contributed by atoms with Crippen LogP contribution in [0.15, 0.2) is 68.0 Å². The van der Waals surface area contributed by atoms with E-state index in [1.807, 2.05) is 42.5 Å². The van der Waals surface area contributed by atoms with Crippen molar-refractivity contribution in [2.75, 3.05) is 39.3 Å². The van der Waals surface area contributed by atoms with E-state index in [9.17, 15) is 31.2 Å². The molecular weight excluding hydrogens is 1050 g/mol. The van der Waals surface area contributed by atoms with Crippen molar-refractivity contribution in [1.82, 2.24) is 14.9 Å². The van der Waals surface area contributed by atoms with Crippen molar-refractivity contribution in [3.63, 3.8) is 0 Å². The smallest absolute Gasteiger partial charge is 0.276 e. The van der Waals surface area contributed by atoms with E-state index >= 15 is 0 Å². The number of rotatable bonds is 1. The number of nitrogens with zero attached hydrogens (tertiary/aromatic N) is 1. The highest BCUT2D eigenvalue weighted by atomic mass is 79.9. The lowest BCUT2D eigenvalue weighted by molar-refractivity contribution is 0.00580. The molecule has 3 aromatic rings. The normalized spacial score (nSPS) is 20.8. The van der Waals surface area contributed by atoms with Crippen molar-refractivity contribution in [1.29, 1.82) is 0 Å². The lowest BCUT2D eigenvalue weighted by Gasteiger charge is -2.43. The third-order valence-corrected chi connectivity index (χ3v) is 13.7. The summed E-state index contributed by atoms with van der Waals surface area (Å²) < 4.78 is 63.2. The van der Waals surface area contributed by atoms with Gasteiger partial charge in [0.15, 0.2) is 17.3 Å². The molecule has 3 saturated heterocycles. The van der Waals surface area contributed by atoms with Gasteiger partial charge in [0.05, 0.1) is 36.0 Å². The molecule has 0 amide bonds. The Kier molecular flexibility index (Phi) is 16.3. The Bertz CT molecular complexity index is 2260. The van der Waals surface area contributed by atoms with Crippen molar-refractivity contribution >= 4 is 98.0 Å². The minimum Gasteiger partial charge on any atom is -0.486 e. The van der Waals surface area contributed by atoms with Crippen LogP contribution >= 0.6 is 60.2 Å². The zero-order valence-corrected chi connectivity index (χ0v) is 40.1. The number of piperidine rings is 3. The van der Waals surface area contributed by atoms with Gasteiger partial charge in [-0.1, -0.05) is 47.8 Å². The predicted molar refractivity (Wildman–Crippen MR) is 242 cm³/mol. The SMILES string of the molecule is Cl.NS(=O)(=O)N1CCC2(CC1)CC(=O)c1cc(Br)ccc1O2.NS(N)(=O)=O.O=C1CC2(CCNCC2)Oc2ccc(Br)cc21.O=C1CC2(CCNCC2)Oc2ccc(Br)cc21. The van der Waals surface area contributed by atoms with E-state index in [0.29, 0.717) is 48.1 Å². The monoisotopic (exact) mass is 1100 g/mol. The number of hydrogen-bond acceptors (Lipinski definition) is 12. The molecule has 3 aromatic carbocycles. The van der Waals surface area contributed by atoms with Crippen molar-refractivity contribution < 1.29 is 45.4 Å². The molecule has 9 rings (SSSR count). The first kappa shape index (κ1) is 49.5. The van der Waals surface area contributed by atoms with E-state index in [1.54, 1.807) is 12.1 Å². The maximum absolute atomic E-state index is 12.3. The number of carbonyl (C=O) groups excluding carboxylic acids is 3. The maximum Gasteiger partial charge on any atom is 0.276 e. The summed E-state index contributed by atoms with van der Waals surface area (Å²) in [6, 6.07) is 16.7. The van der Waals surface area contributed by atoms with Gasteiger partial charge in [-0.25, -0.2) is 15.4 Å². The van der Waals surface area contributed by atoms with E-state index in [4.69, 9.17) is 19.3 Å². The molecular formula is C39H48Br3ClN6O10S2. The zero-order valence-electron chi connectivity index (χ0n) is 32.9. The Morgan fingerprint density at radius 3 is 1.08 bits per heavy atom. The van der Waals surface area contributed by atoms with Crippen LogP contribution in [0.3, 0.4) is 0 Å². The number of Topliss-reactive ketones (excluding diaryl/α,β-unsaturated/α-hetero) is 3. The van der Waals surface area contributed by atoms with Crippen LogP contribution in [0.4, 0.5) is 0 Å². The minimum atomic E-state index is -3.67. The van der Waals surface area contributed by atoms with Crippen LogP contribution in [0.1, 0.15) is 88.9 Å². The van der Waals surface area contributed by atoms with Crippen LogP contribution in [0.2, 0.25) is 0 Å². The molecule has 3 fully saturated rings. The van der Waals surface area contributed by atoms with Gasteiger partial charge in [0.2, 0.25) is 0 Å². The minimum absolute atomic E-state index is 0. The molecule has 334 valence electrons. The van der Waals surface area contributed by atoms with Crippen molar-refractivity contribution in [2.45, 2.75) is 74.6 Å².